The van der Waals surface area contributed by atoms with Crippen LogP contribution >= 0.6 is 15.9 Å². The van der Waals surface area contributed by atoms with E-state index in [2.05, 4.69) is 21.2 Å². The average Bonchev–Trinajstić information content (AvgIpc) is 2.56. The number of hydrogen-bond acceptors (Lipinski definition) is 3. The Morgan fingerprint density at radius 2 is 1.50 bits per heavy atom. The molecule has 1 aliphatic heterocycles. The van der Waals surface area contributed by atoms with Crippen molar-refractivity contribution in [2.45, 2.75) is 20.8 Å². The van der Waals surface area contributed by atoms with Gasteiger partial charge in [-0.05, 0) is 38.1 Å². The molecule has 130 valence electrons. The second-order valence-corrected chi connectivity index (χ2v) is 7.30. The van der Waals surface area contributed by atoms with Gasteiger partial charge in [-0.3, -0.25) is 14.4 Å². The van der Waals surface area contributed by atoms with Gasteiger partial charge in [0.1, 0.15) is 5.41 Å². The highest BCUT2D eigenvalue weighted by Crippen LogP contribution is 2.23. The summed E-state index contributed by atoms with van der Waals surface area (Å²) in [6.07, 6.45) is 0. The Kier molecular flexibility index (Phi) is 5.64. The molecule has 0 aromatic heterocycles. The van der Waals surface area contributed by atoms with Crippen LogP contribution < -0.4 is 5.32 Å². The zero-order valence-corrected chi connectivity index (χ0v) is 15.7. The number of anilines is 1. The zero-order valence-electron chi connectivity index (χ0n) is 14.1. The normalized spacial score (nSPS) is 15.2. The van der Waals surface area contributed by atoms with Crippen LogP contribution in [0.25, 0.3) is 0 Å². The molecule has 1 saturated heterocycles. The average molecular weight is 396 g/mol. The third-order valence-electron chi connectivity index (χ3n) is 4.22. The van der Waals surface area contributed by atoms with Crippen molar-refractivity contribution in [2.75, 3.05) is 31.5 Å². The highest BCUT2D eigenvalue weighted by Gasteiger charge is 2.40. The van der Waals surface area contributed by atoms with E-state index in [1.807, 2.05) is 12.1 Å². The number of carbonyl (C=O) groups is 3. The Labute approximate surface area is 150 Å². The molecule has 3 amide bonds. The van der Waals surface area contributed by atoms with E-state index in [1.54, 1.807) is 35.8 Å². The van der Waals surface area contributed by atoms with E-state index >= 15 is 0 Å². The molecular formula is C17H22BrN3O3. The molecule has 0 aliphatic carbocycles. The van der Waals surface area contributed by atoms with Gasteiger partial charge in [0.15, 0.2) is 0 Å². The number of halogens is 1. The molecule has 0 saturated carbocycles. The predicted octanol–water partition coefficient (Wildman–Crippen LogP) is 2.10. The van der Waals surface area contributed by atoms with Gasteiger partial charge in [0.2, 0.25) is 17.7 Å². The minimum Gasteiger partial charge on any atom is -0.339 e. The largest absolute Gasteiger partial charge is 0.339 e. The standard InChI is InChI=1S/C17H22BrN3O3/c1-12(22)20-8-10-21(11-9-20)16(24)17(2,3)15(23)19-14-6-4-13(18)5-7-14/h4-7H,8-11H2,1-3H3,(H,19,23). The summed E-state index contributed by atoms with van der Waals surface area (Å²) in [5, 5.41) is 2.78. The van der Waals surface area contributed by atoms with Crippen molar-refractivity contribution in [1.82, 2.24) is 9.80 Å². The van der Waals surface area contributed by atoms with Crippen molar-refractivity contribution < 1.29 is 14.4 Å². The first-order valence-electron chi connectivity index (χ1n) is 7.83. The fraction of sp³-hybridized carbons (Fsp3) is 0.471. The van der Waals surface area contributed by atoms with Crippen molar-refractivity contribution in [2.24, 2.45) is 5.41 Å². The second kappa shape index (κ2) is 7.34. The molecule has 0 bridgehead atoms. The summed E-state index contributed by atoms with van der Waals surface area (Å²) in [7, 11) is 0. The highest BCUT2D eigenvalue weighted by atomic mass is 79.9. The van der Waals surface area contributed by atoms with Crippen LogP contribution in [0.2, 0.25) is 0 Å². The lowest BCUT2D eigenvalue weighted by molar-refractivity contribution is -0.149. The third-order valence-corrected chi connectivity index (χ3v) is 4.75. The van der Waals surface area contributed by atoms with Gasteiger partial charge < -0.3 is 15.1 Å². The summed E-state index contributed by atoms with van der Waals surface area (Å²) in [5.74, 6) is -0.557. The molecule has 24 heavy (non-hydrogen) atoms. The monoisotopic (exact) mass is 395 g/mol. The quantitative estimate of drug-likeness (QED) is 0.796. The second-order valence-electron chi connectivity index (χ2n) is 6.38. The number of carbonyl (C=O) groups excluding carboxylic acids is 3. The molecule has 1 heterocycles. The molecule has 0 atom stereocenters. The van der Waals surface area contributed by atoms with Crippen LogP contribution in [-0.4, -0.2) is 53.7 Å². The fourth-order valence-corrected chi connectivity index (χ4v) is 2.80. The highest BCUT2D eigenvalue weighted by molar-refractivity contribution is 9.10. The number of amides is 3. The van der Waals surface area contributed by atoms with Crippen LogP contribution in [0.4, 0.5) is 5.69 Å². The third kappa shape index (κ3) is 4.14. The van der Waals surface area contributed by atoms with Gasteiger partial charge in [0, 0.05) is 43.3 Å². The smallest absolute Gasteiger partial charge is 0.239 e. The van der Waals surface area contributed by atoms with Crippen molar-refractivity contribution in [3.8, 4) is 0 Å². The summed E-state index contributed by atoms with van der Waals surface area (Å²) in [6.45, 7) is 6.69. The molecule has 0 radical (unpaired) electrons. The molecule has 0 spiro atoms. The van der Waals surface area contributed by atoms with Crippen LogP contribution in [0, 0.1) is 5.41 Å². The number of rotatable bonds is 3. The van der Waals surface area contributed by atoms with E-state index in [-0.39, 0.29) is 17.7 Å². The minimum atomic E-state index is -1.18. The summed E-state index contributed by atoms with van der Waals surface area (Å²) in [6, 6.07) is 7.19. The SMILES string of the molecule is CC(=O)N1CCN(C(=O)C(C)(C)C(=O)Nc2ccc(Br)cc2)CC1. The first-order valence-corrected chi connectivity index (χ1v) is 8.63. The molecule has 1 aliphatic rings. The molecule has 1 aromatic rings. The van der Waals surface area contributed by atoms with Gasteiger partial charge in [-0.15, -0.1) is 0 Å². The minimum absolute atomic E-state index is 0.00865. The van der Waals surface area contributed by atoms with Gasteiger partial charge in [-0.1, -0.05) is 15.9 Å². The van der Waals surface area contributed by atoms with E-state index in [0.29, 0.717) is 31.9 Å². The van der Waals surface area contributed by atoms with E-state index in [0.717, 1.165) is 4.47 Å². The van der Waals surface area contributed by atoms with E-state index in [4.69, 9.17) is 0 Å². The molecule has 1 fully saturated rings. The number of nitrogens with zero attached hydrogens (tertiary/aromatic N) is 2. The molecule has 2 rings (SSSR count). The van der Waals surface area contributed by atoms with Gasteiger partial charge in [-0.2, -0.15) is 0 Å². The van der Waals surface area contributed by atoms with Gasteiger partial charge in [0.05, 0.1) is 0 Å². The van der Waals surface area contributed by atoms with Crippen LogP contribution in [0.5, 0.6) is 0 Å². The van der Waals surface area contributed by atoms with E-state index < -0.39 is 5.41 Å². The van der Waals surface area contributed by atoms with Gasteiger partial charge >= 0.3 is 0 Å². The molecule has 1 aromatic carbocycles. The van der Waals surface area contributed by atoms with Crippen molar-refractivity contribution in [3.63, 3.8) is 0 Å². The van der Waals surface area contributed by atoms with Crippen LogP contribution in [0.15, 0.2) is 28.7 Å². The zero-order chi connectivity index (χ0) is 17.9. The summed E-state index contributed by atoms with van der Waals surface area (Å²) < 4.78 is 0.916. The Morgan fingerprint density at radius 3 is 2.00 bits per heavy atom. The molecule has 1 N–H and O–H groups in total. The van der Waals surface area contributed by atoms with Crippen LogP contribution in [0.1, 0.15) is 20.8 Å². The first-order chi connectivity index (χ1) is 11.2. The lowest BCUT2D eigenvalue weighted by Gasteiger charge is -2.37. The Bertz CT molecular complexity index is 635. The van der Waals surface area contributed by atoms with E-state index in [9.17, 15) is 14.4 Å². The lowest BCUT2D eigenvalue weighted by atomic mass is 9.89. The Hall–Kier alpha value is -1.89. The molecule has 6 nitrogen and oxygen atoms in total. The van der Waals surface area contributed by atoms with Crippen molar-refractivity contribution in [1.29, 1.82) is 0 Å². The number of hydrogen-bond donors (Lipinski definition) is 1. The van der Waals surface area contributed by atoms with Crippen LogP contribution in [0.3, 0.4) is 0 Å². The summed E-state index contributed by atoms with van der Waals surface area (Å²) in [4.78, 5) is 40.0. The topological polar surface area (TPSA) is 69.7 Å². The van der Waals surface area contributed by atoms with Crippen molar-refractivity contribution >= 4 is 39.3 Å². The summed E-state index contributed by atoms with van der Waals surface area (Å²) >= 11 is 3.34. The van der Waals surface area contributed by atoms with Crippen molar-refractivity contribution in [3.05, 3.63) is 28.7 Å². The number of nitrogens with one attached hydrogen (secondary N) is 1. The Morgan fingerprint density at radius 1 is 1.00 bits per heavy atom. The molecule has 0 unspecified atom stereocenters. The van der Waals surface area contributed by atoms with Gasteiger partial charge in [0.25, 0.3) is 0 Å². The Balaban J connectivity index is 2.00. The maximum Gasteiger partial charge on any atom is 0.239 e. The van der Waals surface area contributed by atoms with Crippen LogP contribution in [-0.2, 0) is 14.4 Å². The van der Waals surface area contributed by atoms with E-state index in [1.165, 1.54) is 6.92 Å². The maximum absolute atomic E-state index is 12.7. The first kappa shape index (κ1) is 18.4. The number of piperazine rings is 1. The lowest BCUT2D eigenvalue weighted by Crippen LogP contribution is -2.55. The van der Waals surface area contributed by atoms with Gasteiger partial charge in [-0.25, -0.2) is 0 Å². The fourth-order valence-electron chi connectivity index (χ4n) is 2.54. The molecular weight excluding hydrogens is 374 g/mol. The summed E-state index contributed by atoms with van der Waals surface area (Å²) in [5.41, 5.74) is -0.531. The molecule has 7 heteroatoms. The number of benzene rings is 1. The maximum atomic E-state index is 12.7. The predicted molar refractivity (Wildman–Crippen MR) is 95.4 cm³/mol.